The molecule has 3 nitrogen and oxygen atoms in total. The molecule has 0 unspecified atom stereocenters. The van der Waals surface area contributed by atoms with Crippen molar-refractivity contribution in [2.75, 3.05) is 25.2 Å². The maximum absolute atomic E-state index is 6.08. The minimum Gasteiger partial charge on any atom is -0.493 e. The van der Waals surface area contributed by atoms with E-state index in [1.165, 1.54) is 11.1 Å². The number of rotatable bonds is 7. The number of hydrogen-bond donors (Lipinski definition) is 0. The first-order valence-corrected chi connectivity index (χ1v) is 10.0. The molecule has 1 fully saturated rings. The standard InChI is InChI=1S/C21H25BrO3/c1-16-18(17-8-3-2-4-9-17)10-11-19(23-13-6-5-12-22)20(16)21-24-14-7-15-25-21/h2-4,8-11,21H,5-7,12-15H2,1H3. The summed E-state index contributed by atoms with van der Waals surface area (Å²) in [6.07, 6.45) is 2.72. The van der Waals surface area contributed by atoms with Crippen LogP contribution >= 0.6 is 15.9 Å². The zero-order valence-electron chi connectivity index (χ0n) is 14.7. The smallest absolute Gasteiger partial charge is 0.187 e. The average Bonchev–Trinajstić information content (AvgIpc) is 2.67. The average molecular weight is 405 g/mol. The fourth-order valence-electron chi connectivity index (χ4n) is 3.09. The summed E-state index contributed by atoms with van der Waals surface area (Å²) in [6.45, 7) is 4.28. The number of alkyl halides is 1. The molecule has 0 amide bonds. The molecule has 0 saturated carbocycles. The lowest BCUT2D eigenvalue weighted by Crippen LogP contribution is -2.20. The predicted octanol–water partition coefficient (Wildman–Crippen LogP) is 5.65. The second-order valence-corrected chi connectivity index (χ2v) is 6.98. The summed E-state index contributed by atoms with van der Waals surface area (Å²) in [4.78, 5) is 0. The minimum atomic E-state index is -0.344. The van der Waals surface area contributed by atoms with Crippen LogP contribution in [0.25, 0.3) is 11.1 Å². The van der Waals surface area contributed by atoms with Gasteiger partial charge in [0.15, 0.2) is 6.29 Å². The zero-order chi connectivity index (χ0) is 17.5. The quantitative estimate of drug-likeness (QED) is 0.440. The molecule has 0 atom stereocenters. The fourth-order valence-corrected chi connectivity index (χ4v) is 3.48. The second-order valence-electron chi connectivity index (χ2n) is 6.19. The molecule has 0 spiro atoms. The lowest BCUT2D eigenvalue weighted by Gasteiger charge is -2.27. The topological polar surface area (TPSA) is 27.7 Å². The summed E-state index contributed by atoms with van der Waals surface area (Å²) in [5.41, 5.74) is 4.58. The van der Waals surface area contributed by atoms with Gasteiger partial charge in [-0.05, 0) is 48.9 Å². The van der Waals surface area contributed by atoms with Crippen LogP contribution in [0.2, 0.25) is 0 Å². The molecule has 2 aromatic carbocycles. The molecule has 0 bridgehead atoms. The number of benzene rings is 2. The number of ether oxygens (including phenoxy) is 3. The molecule has 25 heavy (non-hydrogen) atoms. The van der Waals surface area contributed by atoms with E-state index in [2.05, 4.69) is 59.3 Å². The van der Waals surface area contributed by atoms with E-state index in [0.717, 1.165) is 54.7 Å². The summed E-state index contributed by atoms with van der Waals surface area (Å²) in [5.74, 6) is 0.874. The van der Waals surface area contributed by atoms with Crippen LogP contribution in [0.1, 0.15) is 36.7 Å². The number of halogens is 1. The summed E-state index contributed by atoms with van der Waals surface area (Å²) in [5, 5.41) is 1.00. The van der Waals surface area contributed by atoms with Gasteiger partial charge >= 0.3 is 0 Å². The van der Waals surface area contributed by atoms with Crippen LogP contribution in [0.5, 0.6) is 5.75 Å². The Hall–Kier alpha value is -1.36. The van der Waals surface area contributed by atoms with Crippen molar-refractivity contribution < 1.29 is 14.2 Å². The largest absolute Gasteiger partial charge is 0.493 e. The molecule has 134 valence electrons. The monoisotopic (exact) mass is 404 g/mol. The van der Waals surface area contributed by atoms with E-state index in [0.29, 0.717) is 6.61 Å². The highest BCUT2D eigenvalue weighted by Crippen LogP contribution is 2.38. The fraction of sp³-hybridized carbons (Fsp3) is 0.429. The predicted molar refractivity (Wildman–Crippen MR) is 104 cm³/mol. The highest BCUT2D eigenvalue weighted by Gasteiger charge is 2.24. The molecule has 0 N–H and O–H groups in total. The van der Waals surface area contributed by atoms with Crippen molar-refractivity contribution in [2.24, 2.45) is 0 Å². The van der Waals surface area contributed by atoms with Gasteiger partial charge < -0.3 is 14.2 Å². The van der Waals surface area contributed by atoms with E-state index < -0.39 is 0 Å². The summed E-state index contributed by atoms with van der Waals surface area (Å²) in [7, 11) is 0. The van der Waals surface area contributed by atoms with Crippen LogP contribution < -0.4 is 4.74 Å². The molecule has 1 saturated heterocycles. The number of hydrogen-bond acceptors (Lipinski definition) is 3. The van der Waals surface area contributed by atoms with Gasteiger partial charge in [0.05, 0.1) is 25.4 Å². The van der Waals surface area contributed by atoms with Gasteiger partial charge in [0.2, 0.25) is 0 Å². The van der Waals surface area contributed by atoms with Gasteiger partial charge in [-0.2, -0.15) is 0 Å². The lowest BCUT2D eigenvalue weighted by molar-refractivity contribution is -0.183. The van der Waals surface area contributed by atoms with Gasteiger partial charge in [-0.1, -0.05) is 52.3 Å². The van der Waals surface area contributed by atoms with Crippen molar-refractivity contribution in [3.8, 4) is 16.9 Å². The van der Waals surface area contributed by atoms with Gasteiger partial charge in [0.25, 0.3) is 0 Å². The van der Waals surface area contributed by atoms with E-state index in [9.17, 15) is 0 Å². The maximum Gasteiger partial charge on any atom is 0.187 e. The molecule has 2 aromatic rings. The van der Waals surface area contributed by atoms with Crippen molar-refractivity contribution in [1.82, 2.24) is 0 Å². The van der Waals surface area contributed by atoms with E-state index in [1.807, 2.05) is 6.07 Å². The normalized spacial score (nSPS) is 15.3. The second kappa shape index (κ2) is 9.37. The van der Waals surface area contributed by atoms with Crippen LogP contribution in [0.4, 0.5) is 0 Å². The third-order valence-electron chi connectivity index (χ3n) is 4.41. The van der Waals surface area contributed by atoms with Crippen LogP contribution in [0, 0.1) is 6.92 Å². The molecule has 0 aliphatic carbocycles. The SMILES string of the molecule is Cc1c(-c2ccccc2)ccc(OCCCCBr)c1C1OCCCO1. The molecule has 3 rings (SSSR count). The van der Waals surface area contributed by atoms with Crippen molar-refractivity contribution in [3.63, 3.8) is 0 Å². The maximum atomic E-state index is 6.08. The first-order chi connectivity index (χ1) is 12.3. The Labute approximate surface area is 158 Å². The summed E-state index contributed by atoms with van der Waals surface area (Å²) < 4.78 is 17.9. The van der Waals surface area contributed by atoms with E-state index >= 15 is 0 Å². The third-order valence-corrected chi connectivity index (χ3v) is 4.97. The summed E-state index contributed by atoms with van der Waals surface area (Å²) in [6, 6.07) is 14.6. The van der Waals surface area contributed by atoms with Crippen molar-refractivity contribution in [2.45, 2.75) is 32.5 Å². The highest BCUT2D eigenvalue weighted by molar-refractivity contribution is 9.09. The minimum absolute atomic E-state index is 0.344. The molecular formula is C21H25BrO3. The van der Waals surface area contributed by atoms with Crippen molar-refractivity contribution in [1.29, 1.82) is 0 Å². The molecule has 1 aliphatic rings. The Morgan fingerprint density at radius 2 is 1.80 bits per heavy atom. The van der Waals surface area contributed by atoms with Gasteiger partial charge in [-0.15, -0.1) is 0 Å². The molecule has 0 aromatic heterocycles. The van der Waals surface area contributed by atoms with Crippen LogP contribution in [0.3, 0.4) is 0 Å². The molecule has 1 heterocycles. The van der Waals surface area contributed by atoms with Crippen LogP contribution in [-0.2, 0) is 9.47 Å². The number of unbranched alkanes of at least 4 members (excludes halogenated alkanes) is 1. The Balaban J connectivity index is 1.93. The first kappa shape index (κ1) is 18.4. The lowest BCUT2D eigenvalue weighted by atomic mass is 9.95. The van der Waals surface area contributed by atoms with Crippen LogP contribution in [0.15, 0.2) is 42.5 Å². The highest BCUT2D eigenvalue weighted by atomic mass is 79.9. The van der Waals surface area contributed by atoms with Crippen molar-refractivity contribution >= 4 is 15.9 Å². The first-order valence-electron chi connectivity index (χ1n) is 8.92. The van der Waals surface area contributed by atoms with Gasteiger partial charge in [0.1, 0.15) is 5.75 Å². The molecule has 1 aliphatic heterocycles. The van der Waals surface area contributed by atoms with Crippen LogP contribution in [-0.4, -0.2) is 25.2 Å². The van der Waals surface area contributed by atoms with E-state index in [1.54, 1.807) is 0 Å². The molecule has 0 radical (unpaired) electrons. The third kappa shape index (κ3) is 4.63. The van der Waals surface area contributed by atoms with Gasteiger partial charge in [-0.25, -0.2) is 0 Å². The Kier molecular flexibility index (Phi) is 6.91. The summed E-state index contributed by atoms with van der Waals surface area (Å²) >= 11 is 3.46. The molecule has 4 heteroatoms. The van der Waals surface area contributed by atoms with E-state index in [4.69, 9.17) is 14.2 Å². The zero-order valence-corrected chi connectivity index (χ0v) is 16.3. The Morgan fingerprint density at radius 1 is 1.04 bits per heavy atom. The van der Waals surface area contributed by atoms with E-state index in [-0.39, 0.29) is 6.29 Å². The molecular weight excluding hydrogens is 380 g/mol. The van der Waals surface area contributed by atoms with Gasteiger partial charge in [0, 0.05) is 5.33 Å². The Morgan fingerprint density at radius 3 is 2.52 bits per heavy atom. The van der Waals surface area contributed by atoms with Crippen molar-refractivity contribution in [3.05, 3.63) is 53.6 Å². The Bertz CT molecular complexity index is 666. The van der Waals surface area contributed by atoms with Gasteiger partial charge in [-0.3, -0.25) is 0 Å².